The first kappa shape index (κ1) is 14.9. The van der Waals surface area contributed by atoms with Crippen LogP contribution in [-0.4, -0.2) is 24.5 Å². The lowest BCUT2D eigenvalue weighted by Crippen LogP contribution is -2.37. The summed E-state index contributed by atoms with van der Waals surface area (Å²) >= 11 is 0. The molecule has 1 aromatic rings. The van der Waals surface area contributed by atoms with Gasteiger partial charge in [-0.3, -0.25) is 9.59 Å². The minimum Gasteiger partial charge on any atom is -0.491 e. The van der Waals surface area contributed by atoms with Crippen LogP contribution in [-0.2, 0) is 9.59 Å². The lowest BCUT2D eigenvalue weighted by atomic mass is 10.0. The molecule has 1 aromatic carbocycles. The summed E-state index contributed by atoms with van der Waals surface area (Å²) in [6.45, 7) is 2.21. The number of ether oxygens (including phenoxy) is 1. The van der Waals surface area contributed by atoms with E-state index in [9.17, 15) is 9.59 Å². The molecule has 1 aliphatic heterocycles. The quantitative estimate of drug-likeness (QED) is 0.901. The van der Waals surface area contributed by atoms with Crippen molar-refractivity contribution in [1.82, 2.24) is 5.32 Å². The van der Waals surface area contributed by atoms with Crippen molar-refractivity contribution in [3.05, 3.63) is 23.8 Å². The topological polar surface area (TPSA) is 67.4 Å². The first-order valence-electron chi connectivity index (χ1n) is 7.95. The Hall–Kier alpha value is -2.04. The molecule has 3 rings (SSSR count). The number of hydrogen-bond donors (Lipinski definition) is 2. The molecule has 22 heavy (non-hydrogen) atoms. The molecule has 0 radical (unpaired) electrons. The van der Waals surface area contributed by atoms with E-state index in [0.717, 1.165) is 18.4 Å². The molecule has 0 spiro atoms. The summed E-state index contributed by atoms with van der Waals surface area (Å²) in [6.07, 6.45) is 4.61. The highest BCUT2D eigenvalue weighted by Gasteiger charge is 2.28. The number of benzene rings is 1. The van der Waals surface area contributed by atoms with Gasteiger partial charge in [0.05, 0.1) is 11.6 Å². The Bertz CT molecular complexity index is 579. The van der Waals surface area contributed by atoms with Gasteiger partial charge in [-0.2, -0.15) is 0 Å². The molecule has 1 fully saturated rings. The average Bonchev–Trinajstić information content (AvgIpc) is 2.93. The number of anilines is 1. The van der Waals surface area contributed by atoms with Crippen molar-refractivity contribution in [3.8, 4) is 5.75 Å². The second kappa shape index (κ2) is 6.38. The monoisotopic (exact) mass is 302 g/mol. The smallest absolute Gasteiger partial charge is 0.231 e. The SMILES string of the molecule is Cc1ccc2c(c1)OCC(CC(=O)NC1CCCC1)C(=O)N2. The molecule has 1 aliphatic carbocycles. The highest BCUT2D eigenvalue weighted by Crippen LogP contribution is 2.29. The van der Waals surface area contributed by atoms with Crippen molar-refractivity contribution in [3.63, 3.8) is 0 Å². The Morgan fingerprint density at radius 1 is 1.36 bits per heavy atom. The maximum Gasteiger partial charge on any atom is 0.231 e. The third-order valence-electron chi connectivity index (χ3n) is 4.36. The van der Waals surface area contributed by atoms with E-state index in [2.05, 4.69) is 10.6 Å². The molecule has 5 heteroatoms. The average molecular weight is 302 g/mol. The zero-order chi connectivity index (χ0) is 15.5. The van der Waals surface area contributed by atoms with Crippen molar-refractivity contribution in [2.45, 2.75) is 45.1 Å². The van der Waals surface area contributed by atoms with Gasteiger partial charge in [0.25, 0.3) is 0 Å². The first-order chi connectivity index (χ1) is 10.6. The predicted molar refractivity (Wildman–Crippen MR) is 83.8 cm³/mol. The van der Waals surface area contributed by atoms with Crippen LogP contribution in [0.2, 0.25) is 0 Å². The lowest BCUT2D eigenvalue weighted by molar-refractivity contribution is -0.128. The summed E-state index contributed by atoms with van der Waals surface area (Å²) in [5.41, 5.74) is 1.75. The Morgan fingerprint density at radius 3 is 2.91 bits per heavy atom. The van der Waals surface area contributed by atoms with Gasteiger partial charge in [0.2, 0.25) is 11.8 Å². The second-order valence-corrected chi connectivity index (χ2v) is 6.25. The molecule has 1 atom stereocenters. The van der Waals surface area contributed by atoms with Crippen LogP contribution in [0.1, 0.15) is 37.7 Å². The summed E-state index contributed by atoms with van der Waals surface area (Å²) in [4.78, 5) is 24.4. The van der Waals surface area contributed by atoms with Crippen LogP contribution in [0.15, 0.2) is 18.2 Å². The van der Waals surface area contributed by atoms with Crippen LogP contribution in [0.25, 0.3) is 0 Å². The minimum atomic E-state index is -0.450. The Kier molecular flexibility index (Phi) is 4.32. The Labute approximate surface area is 130 Å². The molecule has 118 valence electrons. The third kappa shape index (κ3) is 3.40. The van der Waals surface area contributed by atoms with Gasteiger partial charge in [-0.25, -0.2) is 0 Å². The van der Waals surface area contributed by atoms with Crippen LogP contribution in [0.5, 0.6) is 5.75 Å². The van der Waals surface area contributed by atoms with Crippen molar-refractivity contribution < 1.29 is 14.3 Å². The number of rotatable bonds is 3. The van der Waals surface area contributed by atoms with Gasteiger partial charge in [-0.05, 0) is 37.5 Å². The van der Waals surface area contributed by atoms with E-state index in [-0.39, 0.29) is 30.9 Å². The molecule has 0 saturated heterocycles. The minimum absolute atomic E-state index is 0.0576. The number of carbonyl (C=O) groups excluding carboxylic acids is 2. The summed E-state index contributed by atoms with van der Waals surface area (Å²) in [7, 11) is 0. The summed E-state index contributed by atoms with van der Waals surface area (Å²) in [5.74, 6) is 0.0168. The van der Waals surface area contributed by atoms with E-state index in [0.29, 0.717) is 11.4 Å². The van der Waals surface area contributed by atoms with Crippen LogP contribution in [0, 0.1) is 12.8 Å². The van der Waals surface area contributed by atoms with Gasteiger partial charge < -0.3 is 15.4 Å². The zero-order valence-electron chi connectivity index (χ0n) is 12.9. The molecule has 2 N–H and O–H groups in total. The molecule has 1 saturated carbocycles. The van der Waals surface area contributed by atoms with Crippen molar-refractivity contribution in [1.29, 1.82) is 0 Å². The molecular weight excluding hydrogens is 280 g/mol. The fourth-order valence-electron chi connectivity index (χ4n) is 3.09. The number of carbonyl (C=O) groups is 2. The summed E-state index contributed by atoms with van der Waals surface area (Å²) < 4.78 is 5.72. The number of amides is 2. The van der Waals surface area contributed by atoms with Gasteiger partial charge in [0, 0.05) is 12.5 Å². The number of aryl methyl sites for hydroxylation is 1. The van der Waals surface area contributed by atoms with E-state index < -0.39 is 5.92 Å². The van der Waals surface area contributed by atoms with Crippen molar-refractivity contribution in [2.75, 3.05) is 11.9 Å². The number of nitrogens with one attached hydrogen (secondary N) is 2. The van der Waals surface area contributed by atoms with Gasteiger partial charge in [0.15, 0.2) is 0 Å². The standard InChI is InChI=1S/C17H22N2O3/c1-11-6-7-14-15(8-11)22-10-12(17(21)19-14)9-16(20)18-13-4-2-3-5-13/h6-8,12-13H,2-5,9-10H2,1H3,(H,18,20)(H,19,21). The molecule has 2 amide bonds. The zero-order valence-corrected chi connectivity index (χ0v) is 12.9. The molecule has 5 nitrogen and oxygen atoms in total. The van der Waals surface area contributed by atoms with Crippen molar-refractivity contribution in [2.24, 2.45) is 5.92 Å². The van der Waals surface area contributed by atoms with Crippen LogP contribution in [0.4, 0.5) is 5.69 Å². The molecule has 1 heterocycles. The van der Waals surface area contributed by atoms with Crippen LogP contribution >= 0.6 is 0 Å². The normalized spacial score (nSPS) is 21.5. The van der Waals surface area contributed by atoms with E-state index in [1.165, 1.54) is 12.8 Å². The maximum absolute atomic E-state index is 12.3. The van der Waals surface area contributed by atoms with E-state index in [4.69, 9.17) is 4.74 Å². The number of hydrogen-bond acceptors (Lipinski definition) is 3. The Balaban J connectivity index is 1.61. The highest BCUT2D eigenvalue weighted by molar-refractivity contribution is 5.97. The highest BCUT2D eigenvalue weighted by atomic mass is 16.5. The lowest BCUT2D eigenvalue weighted by Gasteiger charge is -2.15. The van der Waals surface area contributed by atoms with Crippen LogP contribution < -0.4 is 15.4 Å². The fraction of sp³-hybridized carbons (Fsp3) is 0.529. The Morgan fingerprint density at radius 2 is 2.14 bits per heavy atom. The van der Waals surface area contributed by atoms with Gasteiger partial charge in [-0.15, -0.1) is 0 Å². The predicted octanol–water partition coefficient (Wildman–Crippen LogP) is 2.39. The molecule has 0 bridgehead atoms. The van der Waals surface area contributed by atoms with Gasteiger partial charge in [-0.1, -0.05) is 18.9 Å². The van der Waals surface area contributed by atoms with Gasteiger partial charge in [0.1, 0.15) is 12.4 Å². The third-order valence-corrected chi connectivity index (χ3v) is 4.36. The molecule has 2 aliphatic rings. The summed E-state index contributed by atoms with van der Waals surface area (Å²) in [6, 6.07) is 5.94. The van der Waals surface area contributed by atoms with E-state index >= 15 is 0 Å². The molecule has 0 aromatic heterocycles. The van der Waals surface area contributed by atoms with Crippen LogP contribution in [0.3, 0.4) is 0 Å². The first-order valence-corrected chi connectivity index (χ1v) is 7.95. The maximum atomic E-state index is 12.3. The second-order valence-electron chi connectivity index (χ2n) is 6.25. The van der Waals surface area contributed by atoms with Gasteiger partial charge >= 0.3 is 0 Å². The largest absolute Gasteiger partial charge is 0.491 e. The molecular formula is C17H22N2O3. The summed E-state index contributed by atoms with van der Waals surface area (Å²) in [5, 5.41) is 5.88. The van der Waals surface area contributed by atoms with Crippen molar-refractivity contribution >= 4 is 17.5 Å². The van der Waals surface area contributed by atoms with E-state index in [1.807, 2.05) is 25.1 Å². The fourth-order valence-corrected chi connectivity index (χ4v) is 3.09. The number of fused-ring (bicyclic) bond motifs is 1. The van der Waals surface area contributed by atoms with E-state index in [1.54, 1.807) is 0 Å². The molecule has 1 unspecified atom stereocenters.